The first-order valence-corrected chi connectivity index (χ1v) is 6.04. The summed E-state index contributed by atoms with van der Waals surface area (Å²) in [6.45, 7) is 4.40. The molecule has 0 aliphatic carbocycles. The Morgan fingerprint density at radius 3 is 2.81 bits per heavy atom. The van der Waals surface area contributed by atoms with Gasteiger partial charge in [-0.3, -0.25) is 0 Å². The monoisotopic (exact) mass is 255 g/mol. The quantitative estimate of drug-likeness (QED) is 0.846. The van der Waals surface area contributed by atoms with Crippen molar-refractivity contribution in [2.24, 2.45) is 0 Å². The van der Waals surface area contributed by atoms with Crippen LogP contribution in [0, 0.1) is 6.92 Å². The van der Waals surface area contributed by atoms with E-state index in [1.807, 2.05) is 25.3 Å². The largest absolute Gasteiger partial charge is 0.464 e. The number of hydrogen-bond donors (Lipinski definition) is 0. The molecule has 0 bridgehead atoms. The normalized spacial score (nSPS) is 10.4. The van der Waals surface area contributed by atoms with Crippen LogP contribution >= 0.6 is 22.9 Å². The van der Waals surface area contributed by atoms with E-state index in [1.54, 1.807) is 11.3 Å². The molecule has 84 valence electrons. The van der Waals surface area contributed by atoms with Gasteiger partial charge in [-0.25, -0.2) is 0 Å². The smallest absolute Gasteiger partial charge is 0.321 e. The average Bonchev–Trinajstić information content (AvgIpc) is 2.64. The van der Waals surface area contributed by atoms with Crippen LogP contribution in [0.1, 0.15) is 11.8 Å². The third kappa shape index (κ3) is 2.48. The maximum atomic E-state index is 5.80. The summed E-state index contributed by atoms with van der Waals surface area (Å²) in [7, 11) is 0. The van der Waals surface area contributed by atoms with Gasteiger partial charge in [0.1, 0.15) is 0 Å². The third-order valence-electron chi connectivity index (χ3n) is 1.85. The highest BCUT2D eigenvalue weighted by Gasteiger charge is 2.08. The van der Waals surface area contributed by atoms with Crippen LogP contribution in [0.4, 0.5) is 0 Å². The Balaban J connectivity index is 2.40. The van der Waals surface area contributed by atoms with E-state index >= 15 is 0 Å². The summed E-state index contributed by atoms with van der Waals surface area (Å²) in [6.07, 6.45) is 0. The molecule has 2 rings (SSSR count). The molecule has 0 radical (unpaired) electrons. The highest BCUT2D eigenvalue weighted by molar-refractivity contribution is 7.10. The SMILES string of the molecule is CCOc1nc(Cl)nc(-c2csc(C)c2)n1. The lowest BCUT2D eigenvalue weighted by molar-refractivity contribution is 0.312. The minimum absolute atomic E-state index is 0.150. The summed E-state index contributed by atoms with van der Waals surface area (Å²) in [6, 6.07) is 2.27. The lowest BCUT2D eigenvalue weighted by atomic mass is 10.3. The lowest BCUT2D eigenvalue weighted by Gasteiger charge is -2.02. The molecule has 0 saturated heterocycles. The van der Waals surface area contributed by atoms with Crippen molar-refractivity contribution in [3.63, 3.8) is 0 Å². The Hall–Kier alpha value is -1.20. The Bertz CT molecular complexity index is 501. The highest BCUT2D eigenvalue weighted by Crippen LogP contribution is 2.23. The number of rotatable bonds is 3. The predicted molar refractivity (Wildman–Crippen MR) is 64.1 cm³/mol. The van der Waals surface area contributed by atoms with Crippen molar-refractivity contribution in [1.82, 2.24) is 15.0 Å². The van der Waals surface area contributed by atoms with Gasteiger partial charge in [-0.2, -0.15) is 15.0 Å². The van der Waals surface area contributed by atoms with Gasteiger partial charge in [0.2, 0.25) is 5.28 Å². The van der Waals surface area contributed by atoms with Crippen LogP contribution in [0.5, 0.6) is 6.01 Å². The first-order valence-electron chi connectivity index (χ1n) is 4.79. The molecular weight excluding hydrogens is 246 g/mol. The van der Waals surface area contributed by atoms with Crippen molar-refractivity contribution in [2.45, 2.75) is 13.8 Å². The summed E-state index contributed by atoms with van der Waals surface area (Å²) in [5.74, 6) is 0.549. The van der Waals surface area contributed by atoms with E-state index in [0.717, 1.165) is 5.56 Å². The van der Waals surface area contributed by atoms with Crippen LogP contribution in [0.3, 0.4) is 0 Å². The number of halogens is 1. The topological polar surface area (TPSA) is 47.9 Å². The van der Waals surface area contributed by atoms with E-state index < -0.39 is 0 Å². The zero-order chi connectivity index (χ0) is 11.5. The van der Waals surface area contributed by atoms with E-state index in [4.69, 9.17) is 16.3 Å². The van der Waals surface area contributed by atoms with Crippen LogP contribution in [-0.4, -0.2) is 21.6 Å². The average molecular weight is 256 g/mol. The molecule has 2 heterocycles. The van der Waals surface area contributed by atoms with Gasteiger partial charge in [-0.1, -0.05) is 0 Å². The standard InChI is InChI=1S/C10H10ClN3OS/c1-3-15-10-13-8(12-9(11)14-10)7-4-6(2)16-5-7/h4-5H,3H2,1-2H3. The maximum absolute atomic E-state index is 5.80. The van der Waals surface area contributed by atoms with Crippen molar-refractivity contribution < 1.29 is 4.74 Å². The van der Waals surface area contributed by atoms with Crippen LogP contribution < -0.4 is 4.74 Å². The van der Waals surface area contributed by atoms with Gasteiger partial charge >= 0.3 is 6.01 Å². The molecule has 0 aliphatic heterocycles. The van der Waals surface area contributed by atoms with Crippen molar-refractivity contribution in [3.8, 4) is 17.4 Å². The minimum atomic E-state index is 0.150. The number of aromatic nitrogens is 3. The number of nitrogens with zero attached hydrogens (tertiary/aromatic N) is 3. The Morgan fingerprint density at radius 2 is 2.19 bits per heavy atom. The third-order valence-corrected chi connectivity index (χ3v) is 2.88. The fourth-order valence-corrected chi connectivity index (χ4v) is 2.05. The molecule has 4 nitrogen and oxygen atoms in total. The summed E-state index contributed by atoms with van der Waals surface area (Å²) < 4.78 is 5.21. The van der Waals surface area contributed by atoms with Crippen molar-refractivity contribution in [3.05, 3.63) is 21.6 Å². The molecule has 0 aromatic carbocycles. The van der Waals surface area contributed by atoms with E-state index in [1.165, 1.54) is 4.88 Å². The molecule has 0 N–H and O–H groups in total. The van der Waals surface area contributed by atoms with Gasteiger partial charge in [-0.05, 0) is 31.5 Å². The molecule has 6 heteroatoms. The first-order chi connectivity index (χ1) is 7.69. The van der Waals surface area contributed by atoms with Gasteiger partial charge in [0.25, 0.3) is 0 Å². The molecular formula is C10H10ClN3OS. The fraction of sp³-hybridized carbons (Fsp3) is 0.300. The van der Waals surface area contributed by atoms with Crippen LogP contribution in [0.25, 0.3) is 11.4 Å². The molecule has 0 spiro atoms. The zero-order valence-electron chi connectivity index (χ0n) is 8.90. The molecule has 0 unspecified atom stereocenters. The van der Waals surface area contributed by atoms with Gasteiger partial charge in [-0.15, -0.1) is 11.3 Å². The molecule has 0 saturated carbocycles. The van der Waals surface area contributed by atoms with Crippen molar-refractivity contribution in [2.75, 3.05) is 6.61 Å². The summed E-state index contributed by atoms with van der Waals surface area (Å²) >= 11 is 7.44. The first kappa shape index (κ1) is 11.3. The molecule has 2 aromatic rings. The van der Waals surface area contributed by atoms with Crippen molar-refractivity contribution >= 4 is 22.9 Å². The second kappa shape index (κ2) is 4.76. The van der Waals surface area contributed by atoms with E-state index in [9.17, 15) is 0 Å². The fourth-order valence-electron chi connectivity index (χ4n) is 1.22. The second-order valence-corrected chi connectivity index (χ2v) is 4.54. The van der Waals surface area contributed by atoms with E-state index in [2.05, 4.69) is 15.0 Å². The molecule has 16 heavy (non-hydrogen) atoms. The molecule has 0 aliphatic rings. The Kier molecular flexibility index (Phi) is 3.36. The molecule has 2 aromatic heterocycles. The number of hydrogen-bond acceptors (Lipinski definition) is 5. The summed E-state index contributed by atoms with van der Waals surface area (Å²) in [4.78, 5) is 13.3. The van der Waals surface area contributed by atoms with Crippen LogP contribution in [0.2, 0.25) is 5.28 Å². The number of aryl methyl sites for hydroxylation is 1. The van der Waals surface area contributed by atoms with Gasteiger partial charge < -0.3 is 4.74 Å². The summed E-state index contributed by atoms with van der Waals surface area (Å²) in [5, 5.41) is 2.13. The van der Waals surface area contributed by atoms with Crippen LogP contribution in [0.15, 0.2) is 11.4 Å². The van der Waals surface area contributed by atoms with Gasteiger partial charge in [0.15, 0.2) is 5.82 Å². The minimum Gasteiger partial charge on any atom is -0.464 e. The molecule has 0 amide bonds. The zero-order valence-corrected chi connectivity index (χ0v) is 10.5. The molecule has 0 fully saturated rings. The van der Waals surface area contributed by atoms with Gasteiger partial charge in [0, 0.05) is 15.8 Å². The van der Waals surface area contributed by atoms with Gasteiger partial charge in [0.05, 0.1) is 6.61 Å². The Labute approximate surface area is 102 Å². The predicted octanol–water partition coefficient (Wildman–Crippen LogP) is 2.96. The van der Waals surface area contributed by atoms with E-state index in [0.29, 0.717) is 12.4 Å². The second-order valence-electron chi connectivity index (χ2n) is 3.09. The number of thiophene rings is 1. The van der Waals surface area contributed by atoms with Crippen LogP contribution in [-0.2, 0) is 0 Å². The maximum Gasteiger partial charge on any atom is 0.321 e. The number of ether oxygens (including phenoxy) is 1. The summed E-state index contributed by atoms with van der Waals surface area (Å²) in [5.41, 5.74) is 0.938. The highest BCUT2D eigenvalue weighted by atomic mass is 35.5. The lowest BCUT2D eigenvalue weighted by Crippen LogP contribution is -2.00. The van der Waals surface area contributed by atoms with E-state index in [-0.39, 0.29) is 11.3 Å². The Morgan fingerprint density at radius 1 is 1.38 bits per heavy atom. The van der Waals surface area contributed by atoms with Crippen molar-refractivity contribution in [1.29, 1.82) is 0 Å². The molecule has 0 atom stereocenters.